The highest BCUT2D eigenvalue weighted by molar-refractivity contribution is 7.89. The van der Waals surface area contributed by atoms with E-state index >= 15 is 0 Å². The van der Waals surface area contributed by atoms with E-state index in [1.54, 1.807) is 12.1 Å². The molecule has 1 aromatic rings. The average molecular weight is 352 g/mol. The standard InChI is InChI=1S/C17H24N2O4S/c18-17(20)16-12-19(10-11-23-16)24(21,22)15-8-6-14(7-9-15)13-4-2-1-3-5-13/h6-9,13,16H,1-5,10-12H2,(H2,18,20)/t16-/m0/s1. The Kier molecular flexibility index (Phi) is 5.22. The summed E-state index contributed by atoms with van der Waals surface area (Å²) in [4.78, 5) is 11.5. The van der Waals surface area contributed by atoms with Gasteiger partial charge in [0.05, 0.1) is 11.5 Å². The number of primary amides is 1. The molecular weight excluding hydrogens is 328 g/mol. The van der Waals surface area contributed by atoms with Crippen LogP contribution in [0.15, 0.2) is 29.2 Å². The first kappa shape index (κ1) is 17.4. The van der Waals surface area contributed by atoms with E-state index in [1.807, 2.05) is 12.1 Å². The van der Waals surface area contributed by atoms with E-state index in [4.69, 9.17) is 10.5 Å². The Labute approximate surface area is 143 Å². The Hall–Kier alpha value is -1.44. The number of nitrogens with zero attached hydrogens (tertiary/aromatic N) is 1. The summed E-state index contributed by atoms with van der Waals surface area (Å²) >= 11 is 0. The van der Waals surface area contributed by atoms with Crippen LogP contribution in [-0.2, 0) is 19.6 Å². The molecule has 0 aromatic heterocycles. The van der Waals surface area contributed by atoms with Crippen molar-refractivity contribution in [1.82, 2.24) is 4.31 Å². The molecule has 0 bridgehead atoms. The average Bonchev–Trinajstić information content (AvgIpc) is 2.62. The number of rotatable bonds is 4. The lowest BCUT2D eigenvalue weighted by molar-refractivity contribution is -0.132. The summed E-state index contributed by atoms with van der Waals surface area (Å²) in [6, 6.07) is 7.20. The summed E-state index contributed by atoms with van der Waals surface area (Å²) in [5.74, 6) is -0.0966. The number of benzene rings is 1. The maximum Gasteiger partial charge on any atom is 0.247 e. The summed E-state index contributed by atoms with van der Waals surface area (Å²) in [7, 11) is -3.63. The van der Waals surface area contributed by atoms with E-state index in [2.05, 4.69) is 0 Å². The first-order valence-electron chi connectivity index (χ1n) is 8.49. The third-order valence-electron chi connectivity index (χ3n) is 4.94. The fourth-order valence-corrected chi connectivity index (χ4v) is 4.94. The van der Waals surface area contributed by atoms with Gasteiger partial charge in [-0.2, -0.15) is 4.31 Å². The van der Waals surface area contributed by atoms with E-state index in [1.165, 1.54) is 42.0 Å². The minimum Gasteiger partial charge on any atom is -0.367 e. The molecule has 1 aliphatic carbocycles. The summed E-state index contributed by atoms with van der Waals surface area (Å²) in [6.45, 7) is 0.380. The van der Waals surface area contributed by atoms with Gasteiger partial charge in [-0.25, -0.2) is 8.42 Å². The molecule has 1 saturated carbocycles. The molecule has 1 saturated heterocycles. The number of amides is 1. The second-order valence-electron chi connectivity index (χ2n) is 6.53. The maximum atomic E-state index is 12.8. The molecule has 0 unspecified atom stereocenters. The van der Waals surface area contributed by atoms with E-state index < -0.39 is 22.0 Å². The molecule has 132 valence electrons. The van der Waals surface area contributed by atoms with Gasteiger partial charge in [0, 0.05) is 13.1 Å². The molecule has 1 amide bonds. The zero-order chi connectivity index (χ0) is 17.2. The monoisotopic (exact) mass is 352 g/mol. The maximum absolute atomic E-state index is 12.8. The highest BCUT2D eigenvalue weighted by atomic mass is 32.2. The molecular formula is C17H24N2O4S. The molecule has 2 fully saturated rings. The number of hydrogen-bond donors (Lipinski definition) is 1. The van der Waals surface area contributed by atoms with Crippen LogP contribution in [0, 0.1) is 0 Å². The molecule has 0 spiro atoms. The molecule has 7 heteroatoms. The molecule has 1 atom stereocenters. The van der Waals surface area contributed by atoms with Crippen molar-refractivity contribution < 1.29 is 17.9 Å². The van der Waals surface area contributed by atoms with Gasteiger partial charge in [0.1, 0.15) is 6.10 Å². The van der Waals surface area contributed by atoms with Crippen molar-refractivity contribution in [2.75, 3.05) is 19.7 Å². The highest BCUT2D eigenvalue weighted by Crippen LogP contribution is 2.33. The van der Waals surface area contributed by atoms with Gasteiger partial charge in [-0.1, -0.05) is 31.4 Å². The normalized spacial score (nSPS) is 23.9. The summed E-state index contributed by atoms with van der Waals surface area (Å²) < 4.78 is 32.0. The van der Waals surface area contributed by atoms with Gasteiger partial charge in [0.25, 0.3) is 0 Å². The SMILES string of the molecule is NC(=O)[C@@H]1CN(S(=O)(=O)c2ccc(C3CCCCC3)cc2)CCO1. The van der Waals surface area contributed by atoms with Gasteiger partial charge in [-0.15, -0.1) is 0 Å². The number of carbonyl (C=O) groups is 1. The third kappa shape index (κ3) is 3.63. The van der Waals surface area contributed by atoms with Crippen molar-refractivity contribution in [1.29, 1.82) is 0 Å². The van der Waals surface area contributed by atoms with Crippen LogP contribution in [0.1, 0.15) is 43.6 Å². The second-order valence-corrected chi connectivity index (χ2v) is 8.47. The Morgan fingerprint density at radius 2 is 1.79 bits per heavy atom. The van der Waals surface area contributed by atoms with Gasteiger partial charge < -0.3 is 10.5 Å². The van der Waals surface area contributed by atoms with Gasteiger partial charge in [0.15, 0.2) is 0 Å². The van der Waals surface area contributed by atoms with Gasteiger partial charge in [0.2, 0.25) is 15.9 Å². The van der Waals surface area contributed by atoms with Crippen LogP contribution in [-0.4, -0.2) is 44.4 Å². The largest absolute Gasteiger partial charge is 0.367 e. The van der Waals surface area contributed by atoms with Gasteiger partial charge >= 0.3 is 0 Å². The van der Waals surface area contributed by atoms with Gasteiger partial charge in [-0.3, -0.25) is 4.79 Å². The highest BCUT2D eigenvalue weighted by Gasteiger charge is 2.33. The lowest BCUT2D eigenvalue weighted by atomic mass is 9.84. The first-order chi connectivity index (χ1) is 11.5. The van der Waals surface area contributed by atoms with E-state index in [-0.39, 0.29) is 24.6 Å². The van der Waals surface area contributed by atoms with Crippen LogP contribution in [0.4, 0.5) is 0 Å². The lowest BCUT2D eigenvalue weighted by Crippen LogP contribution is -2.50. The first-order valence-corrected chi connectivity index (χ1v) is 9.93. The summed E-state index contributed by atoms with van der Waals surface area (Å²) in [6.07, 6.45) is 5.25. The molecule has 1 heterocycles. The van der Waals surface area contributed by atoms with Crippen LogP contribution >= 0.6 is 0 Å². The molecule has 2 N–H and O–H groups in total. The Bertz CT molecular complexity index is 681. The third-order valence-corrected chi connectivity index (χ3v) is 6.82. The van der Waals surface area contributed by atoms with Crippen molar-refractivity contribution >= 4 is 15.9 Å². The predicted molar refractivity (Wildman–Crippen MR) is 90.0 cm³/mol. The van der Waals surface area contributed by atoms with Crippen LogP contribution in [0.5, 0.6) is 0 Å². The quantitative estimate of drug-likeness (QED) is 0.891. The van der Waals surface area contributed by atoms with E-state index in [0.717, 1.165) is 0 Å². The number of carbonyl (C=O) groups excluding carboxylic acids is 1. The van der Waals surface area contributed by atoms with Crippen molar-refractivity contribution in [3.63, 3.8) is 0 Å². The zero-order valence-electron chi connectivity index (χ0n) is 13.7. The van der Waals surface area contributed by atoms with Crippen LogP contribution in [0.25, 0.3) is 0 Å². The number of sulfonamides is 1. The smallest absolute Gasteiger partial charge is 0.247 e. The molecule has 24 heavy (non-hydrogen) atoms. The Morgan fingerprint density at radius 3 is 2.42 bits per heavy atom. The number of nitrogens with two attached hydrogens (primary N) is 1. The fraction of sp³-hybridized carbons (Fsp3) is 0.588. The Morgan fingerprint density at radius 1 is 1.12 bits per heavy atom. The minimum atomic E-state index is -3.63. The van der Waals surface area contributed by atoms with E-state index in [0.29, 0.717) is 5.92 Å². The van der Waals surface area contributed by atoms with Gasteiger partial charge in [-0.05, 0) is 36.5 Å². The topological polar surface area (TPSA) is 89.7 Å². The molecule has 3 rings (SSSR count). The fourth-order valence-electron chi connectivity index (χ4n) is 3.51. The molecule has 2 aliphatic rings. The van der Waals surface area contributed by atoms with Crippen LogP contribution in [0.3, 0.4) is 0 Å². The zero-order valence-corrected chi connectivity index (χ0v) is 14.5. The Balaban J connectivity index is 1.75. The minimum absolute atomic E-state index is 0.0258. The van der Waals surface area contributed by atoms with E-state index in [9.17, 15) is 13.2 Å². The van der Waals surface area contributed by atoms with Crippen molar-refractivity contribution in [3.8, 4) is 0 Å². The molecule has 1 aliphatic heterocycles. The van der Waals surface area contributed by atoms with Crippen LogP contribution < -0.4 is 5.73 Å². The molecule has 6 nitrogen and oxygen atoms in total. The van der Waals surface area contributed by atoms with Crippen LogP contribution in [0.2, 0.25) is 0 Å². The summed E-state index contributed by atoms with van der Waals surface area (Å²) in [5, 5.41) is 0. The van der Waals surface area contributed by atoms with Crippen molar-refractivity contribution in [2.45, 2.75) is 49.0 Å². The summed E-state index contributed by atoms with van der Waals surface area (Å²) in [5.41, 5.74) is 6.44. The second kappa shape index (κ2) is 7.21. The number of ether oxygens (including phenoxy) is 1. The van der Waals surface area contributed by atoms with Crippen molar-refractivity contribution in [3.05, 3.63) is 29.8 Å². The van der Waals surface area contributed by atoms with Crippen molar-refractivity contribution in [2.24, 2.45) is 5.73 Å². The number of morpholine rings is 1. The number of hydrogen-bond acceptors (Lipinski definition) is 4. The molecule has 1 aromatic carbocycles. The predicted octanol–water partition coefficient (Wildman–Crippen LogP) is 1.61. The molecule has 0 radical (unpaired) electrons. The lowest BCUT2D eigenvalue weighted by Gasteiger charge is -2.30.